The summed E-state index contributed by atoms with van der Waals surface area (Å²) in [5.74, 6) is -0.0639. The summed E-state index contributed by atoms with van der Waals surface area (Å²) in [4.78, 5) is 14.9. The second-order valence-electron chi connectivity index (χ2n) is 6.85. The van der Waals surface area contributed by atoms with E-state index in [9.17, 15) is 4.79 Å². The molecule has 0 radical (unpaired) electrons. The summed E-state index contributed by atoms with van der Waals surface area (Å²) in [6.07, 6.45) is 0. The van der Waals surface area contributed by atoms with Gasteiger partial charge in [0.05, 0.1) is 13.2 Å². The van der Waals surface area contributed by atoms with E-state index < -0.39 is 0 Å². The number of nitrogens with zero attached hydrogens (tertiary/aromatic N) is 1. The van der Waals surface area contributed by atoms with E-state index in [0.29, 0.717) is 5.56 Å². The minimum absolute atomic E-state index is 0.0639. The van der Waals surface area contributed by atoms with Crippen molar-refractivity contribution in [2.45, 2.75) is 27.3 Å². The normalized spacial score (nSPS) is 15.2. The summed E-state index contributed by atoms with van der Waals surface area (Å²) in [6.45, 7) is 10.5. The summed E-state index contributed by atoms with van der Waals surface area (Å²) in [5.41, 5.74) is 6.24. The Labute approximate surface area is 149 Å². The van der Waals surface area contributed by atoms with Crippen LogP contribution in [-0.4, -0.2) is 37.1 Å². The number of carbonyl (C=O) groups is 1. The van der Waals surface area contributed by atoms with E-state index in [2.05, 4.69) is 36.2 Å². The lowest BCUT2D eigenvalue weighted by Crippen LogP contribution is -2.35. The molecule has 1 N–H and O–H groups in total. The molecule has 0 aliphatic carbocycles. The molecule has 4 nitrogen and oxygen atoms in total. The molecule has 2 aromatic carbocycles. The molecule has 2 aromatic rings. The number of ether oxygens (including phenoxy) is 1. The Morgan fingerprint density at radius 1 is 1.04 bits per heavy atom. The molecule has 1 saturated heterocycles. The molecule has 1 fully saturated rings. The van der Waals surface area contributed by atoms with Crippen LogP contribution in [0.1, 0.15) is 32.6 Å². The molecule has 1 aliphatic rings. The van der Waals surface area contributed by atoms with Crippen molar-refractivity contribution in [3.8, 4) is 0 Å². The van der Waals surface area contributed by atoms with Crippen molar-refractivity contribution in [2.75, 3.05) is 31.6 Å². The maximum atomic E-state index is 12.6. The van der Waals surface area contributed by atoms with Crippen molar-refractivity contribution < 1.29 is 9.53 Å². The van der Waals surface area contributed by atoms with Gasteiger partial charge in [0.2, 0.25) is 0 Å². The molecule has 1 aliphatic heterocycles. The molecule has 25 heavy (non-hydrogen) atoms. The third kappa shape index (κ3) is 4.68. The predicted octanol–water partition coefficient (Wildman–Crippen LogP) is 3.70. The average Bonchev–Trinajstić information content (AvgIpc) is 2.57. The topological polar surface area (TPSA) is 41.6 Å². The number of morpholine rings is 1. The molecule has 0 saturated carbocycles. The number of rotatable bonds is 4. The van der Waals surface area contributed by atoms with Crippen LogP contribution in [0.4, 0.5) is 5.69 Å². The first-order valence-corrected chi connectivity index (χ1v) is 8.80. The lowest BCUT2D eigenvalue weighted by molar-refractivity contribution is 0.0342. The van der Waals surface area contributed by atoms with Gasteiger partial charge in [-0.25, -0.2) is 0 Å². The molecule has 1 heterocycles. The zero-order chi connectivity index (χ0) is 17.8. The van der Waals surface area contributed by atoms with Gasteiger partial charge >= 0.3 is 0 Å². The van der Waals surface area contributed by atoms with Crippen LogP contribution < -0.4 is 5.32 Å². The molecular formula is C21H26N2O2. The van der Waals surface area contributed by atoms with Crippen molar-refractivity contribution >= 4 is 11.6 Å². The molecule has 0 unspecified atom stereocenters. The van der Waals surface area contributed by atoms with E-state index in [4.69, 9.17) is 4.74 Å². The van der Waals surface area contributed by atoms with Crippen molar-refractivity contribution in [3.63, 3.8) is 0 Å². The fourth-order valence-electron chi connectivity index (χ4n) is 3.13. The van der Waals surface area contributed by atoms with Crippen LogP contribution in [0.2, 0.25) is 0 Å². The number of aryl methyl sites for hydroxylation is 3. The van der Waals surface area contributed by atoms with Crippen molar-refractivity contribution in [1.82, 2.24) is 4.90 Å². The first-order valence-electron chi connectivity index (χ1n) is 8.80. The van der Waals surface area contributed by atoms with Crippen LogP contribution in [0.5, 0.6) is 0 Å². The van der Waals surface area contributed by atoms with Gasteiger partial charge in [0, 0.05) is 30.9 Å². The molecule has 3 rings (SSSR count). The molecule has 0 aromatic heterocycles. The average molecular weight is 338 g/mol. The van der Waals surface area contributed by atoms with Gasteiger partial charge in [-0.05, 0) is 67.3 Å². The largest absolute Gasteiger partial charge is 0.379 e. The van der Waals surface area contributed by atoms with Gasteiger partial charge in [-0.15, -0.1) is 0 Å². The van der Waals surface area contributed by atoms with E-state index in [1.54, 1.807) is 0 Å². The lowest BCUT2D eigenvalue weighted by Gasteiger charge is -2.26. The van der Waals surface area contributed by atoms with Gasteiger partial charge in [0.15, 0.2) is 0 Å². The van der Waals surface area contributed by atoms with Crippen LogP contribution in [0.3, 0.4) is 0 Å². The maximum absolute atomic E-state index is 12.6. The van der Waals surface area contributed by atoms with E-state index in [1.165, 1.54) is 11.1 Å². The summed E-state index contributed by atoms with van der Waals surface area (Å²) in [6, 6.07) is 12.1. The number of carbonyl (C=O) groups excluding carboxylic acids is 1. The molecule has 132 valence electrons. The summed E-state index contributed by atoms with van der Waals surface area (Å²) < 4.78 is 5.41. The Morgan fingerprint density at radius 2 is 1.80 bits per heavy atom. The summed E-state index contributed by atoms with van der Waals surface area (Å²) >= 11 is 0. The minimum Gasteiger partial charge on any atom is -0.379 e. The monoisotopic (exact) mass is 338 g/mol. The first-order chi connectivity index (χ1) is 12.0. The van der Waals surface area contributed by atoms with Gasteiger partial charge in [0.1, 0.15) is 0 Å². The first kappa shape index (κ1) is 17.6. The van der Waals surface area contributed by atoms with Crippen LogP contribution in [0.25, 0.3) is 0 Å². The van der Waals surface area contributed by atoms with Crippen LogP contribution in [-0.2, 0) is 11.3 Å². The second kappa shape index (κ2) is 7.81. The molecule has 0 atom stereocenters. The Balaban J connectivity index is 1.73. The third-order valence-electron chi connectivity index (χ3n) is 4.67. The standard InChI is InChI=1S/C21H26N2O2/c1-15-10-18(14-23-6-8-25-9-7-23)13-20(11-15)22-21(24)19-5-4-16(2)17(3)12-19/h4-5,10-13H,6-9,14H2,1-3H3,(H,22,24). The number of nitrogens with one attached hydrogen (secondary N) is 1. The summed E-state index contributed by atoms with van der Waals surface area (Å²) in [5, 5.41) is 3.04. The Morgan fingerprint density at radius 3 is 2.52 bits per heavy atom. The van der Waals surface area contributed by atoms with Crippen molar-refractivity contribution in [1.29, 1.82) is 0 Å². The fourth-order valence-corrected chi connectivity index (χ4v) is 3.13. The van der Waals surface area contributed by atoms with Gasteiger partial charge in [-0.1, -0.05) is 12.1 Å². The van der Waals surface area contributed by atoms with Crippen LogP contribution >= 0.6 is 0 Å². The van der Waals surface area contributed by atoms with Gasteiger partial charge in [-0.3, -0.25) is 9.69 Å². The molecule has 0 bridgehead atoms. The number of benzene rings is 2. The van der Waals surface area contributed by atoms with Crippen molar-refractivity contribution in [2.24, 2.45) is 0 Å². The quantitative estimate of drug-likeness (QED) is 0.924. The highest BCUT2D eigenvalue weighted by Gasteiger charge is 2.12. The Kier molecular flexibility index (Phi) is 5.51. The van der Waals surface area contributed by atoms with Crippen LogP contribution in [0, 0.1) is 20.8 Å². The Bertz CT molecular complexity index is 764. The molecule has 1 amide bonds. The lowest BCUT2D eigenvalue weighted by atomic mass is 10.1. The highest BCUT2D eigenvalue weighted by atomic mass is 16.5. The van der Waals surface area contributed by atoms with E-state index in [-0.39, 0.29) is 5.91 Å². The van der Waals surface area contributed by atoms with Crippen molar-refractivity contribution in [3.05, 3.63) is 64.2 Å². The zero-order valence-corrected chi connectivity index (χ0v) is 15.3. The van der Waals surface area contributed by atoms with Gasteiger partial charge < -0.3 is 10.1 Å². The molecular weight excluding hydrogens is 312 g/mol. The van der Waals surface area contributed by atoms with Gasteiger partial charge in [0.25, 0.3) is 5.91 Å². The summed E-state index contributed by atoms with van der Waals surface area (Å²) in [7, 11) is 0. The fraction of sp³-hybridized carbons (Fsp3) is 0.381. The van der Waals surface area contributed by atoms with Gasteiger partial charge in [-0.2, -0.15) is 0 Å². The van der Waals surface area contributed by atoms with Crippen LogP contribution in [0.15, 0.2) is 36.4 Å². The molecule has 0 spiro atoms. The number of hydrogen-bond donors (Lipinski definition) is 1. The second-order valence-corrected chi connectivity index (χ2v) is 6.85. The Hall–Kier alpha value is -2.17. The minimum atomic E-state index is -0.0639. The number of hydrogen-bond acceptors (Lipinski definition) is 3. The SMILES string of the molecule is Cc1cc(CN2CCOCC2)cc(NC(=O)c2ccc(C)c(C)c2)c1. The van der Waals surface area contributed by atoms with E-state index >= 15 is 0 Å². The number of amides is 1. The van der Waals surface area contributed by atoms with E-state index in [1.807, 2.05) is 31.2 Å². The molecule has 4 heteroatoms. The predicted molar refractivity (Wildman–Crippen MR) is 101 cm³/mol. The number of anilines is 1. The zero-order valence-electron chi connectivity index (χ0n) is 15.3. The van der Waals surface area contributed by atoms with E-state index in [0.717, 1.165) is 49.7 Å². The smallest absolute Gasteiger partial charge is 0.255 e. The highest BCUT2D eigenvalue weighted by molar-refractivity contribution is 6.04. The maximum Gasteiger partial charge on any atom is 0.255 e. The third-order valence-corrected chi connectivity index (χ3v) is 4.67. The highest BCUT2D eigenvalue weighted by Crippen LogP contribution is 2.18.